The summed E-state index contributed by atoms with van der Waals surface area (Å²) in [6.45, 7) is 6.51. The number of aliphatic imine (C=N–C) groups is 1. The van der Waals surface area contributed by atoms with Crippen LogP contribution in [0.1, 0.15) is 34.0 Å². The van der Waals surface area contributed by atoms with Gasteiger partial charge in [0, 0.05) is 46.3 Å². The van der Waals surface area contributed by atoms with Crippen molar-refractivity contribution in [2.24, 2.45) is 4.99 Å². The molecule has 0 radical (unpaired) electrons. The van der Waals surface area contributed by atoms with Crippen LogP contribution in [0.2, 0.25) is 0 Å². The Morgan fingerprint density at radius 2 is 1.79 bits per heavy atom. The SMILES string of the molecule is CCNC(=NCCc1cccc(C(=O)N(C)C)c1)N(C)Cc1ccccc1C.I. The fourth-order valence-corrected chi connectivity index (χ4v) is 3.00. The van der Waals surface area contributed by atoms with E-state index >= 15 is 0 Å². The Morgan fingerprint density at radius 3 is 2.45 bits per heavy atom. The fraction of sp³-hybridized carbons (Fsp3) is 0.391. The van der Waals surface area contributed by atoms with E-state index in [0.717, 1.165) is 36.6 Å². The molecule has 1 N–H and O–H groups in total. The molecule has 158 valence electrons. The Hall–Kier alpha value is -2.09. The van der Waals surface area contributed by atoms with Crippen LogP contribution in [-0.4, -0.2) is 55.9 Å². The van der Waals surface area contributed by atoms with E-state index in [1.807, 2.05) is 24.3 Å². The molecule has 0 spiro atoms. The molecule has 0 aromatic heterocycles. The van der Waals surface area contributed by atoms with Crippen molar-refractivity contribution in [3.8, 4) is 0 Å². The molecule has 0 unspecified atom stereocenters. The molecule has 1 amide bonds. The molecule has 0 aliphatic heterocycles. The molecular formula is C23H33IN4O. The number of benzene rings is 2. The lowest BCUT2D eigenvalue weighted by Crippen LogP contribution is -2.38. The van der Waals surface area contributed by atoms with Crippen LogP contribution in [0.5, 0.6) is 0 Å². The van der Waals surface area contributed by atoms with Crippen molar-refractivity contribution < 1.29 is 4.79 Å². The lowest BCUT2D eigenvalue weighted by atomic mass is 10.1. The van der Waals surface area contributed by atoms with E-state index in [0.29, 0.717) is 6.54 Å². The third kappa shape index (κ3) is 7.68. The van der Waals surface area contributed by atoms with Gasteiger partial charge in [-0.3, -0.25) is 9.79 Å². The van der Waals surface area contributed by atoms with Gasteiger partial charge in [-0.05, 0) is 49.1 Å². The number of aryl methyl sites for hydroxylation is 1. The number of carbonyl (C=O) groups is 1. The molecule has 29 heavy (non-hydrogen) atoms. The molecule has 0 fully saturated rings. The van der Waals surface area contributed by atoms with Gasteiger partial charge in [-0.15, -0.1) is 24.0 Å². The van der Waals surface area contributed by atoms with Crippen LogP contribution in [0.25, 0.3) is 0 Å². The van der Waals surface area contributed by atoms with Crippen molar-refractivity contribution in [1.29, 1.82) is 0 Å². The summed E-state index contributed by atoms with van der Waals surface area (Å²) in [7, 11) is 5.60. The quantitative estimate of drug-likeness (QED) is 0.350. The number of nitrogens with one attached hydrogen (secondary N) is 1. The fourth-order valence-electron chi connectivity index (χ4n) is 3.00. The van der Waals surface area contributed by atoms with Gasteiger partial charge in [0.1, 0.15) is 0 Å². The van der Waals surface area contributed by atoms with Crippen LogP contribution in [0.15, 0.2) is 53.5 Å². The van der Waals surface area contributed by atoms with Gasteiger partial charge in [0.15, 0.2) is 5.96 Å². The highest BCUT2D eigenvalue weighted by Gasteiger charge is 2.09. The largest absolute Gasteiger partial charge is 0.357 e. The van der Waals surface area contributed by atoms with Gasteiger partial charge in [-0.2, -0.15) is 0 Å². The number of hydrogen-bond acceptors (Lipinski definition) is 2. The van der Waals surface area contributed by atoms with Crippen molar-refractivity contribution in [1.82, 2.24) is 15.1 Å². The molecule has 2 rings (SSSR count). The van der Waals surface area contributed by atoms with Gasteiger partial charge < -0.3 is 15.1 Å². The highest BCUT2D eigenvalue weighted by Crippen LogP contribution is 2.10. The zero-order chi connectivity index (χ0) is 20.5. The van der Waals surface area contributed by atoms with Crippen molar-refractivity contribution in [3.63, 3.8) is 0 Å². The third-order valence-electron chi connectivity index (χ3n) is 4.61. The smallest absolute Gasteiger partial charge is 0.253 e. The summed E-state index contributed by atoms with van der Waals surface area (Å²) in [6, 6.07) is 16.2. The van der Waals surface area contributed by atoms with Crippen LogP contribution >= 0.6 is 24.0 Å². The third-order valence-corrected chi connectivity index (χ3v) is 4.61. The normalized spacial score (nSPS) is 10.9. The minimum Gasteiger partial charge on any atom is -0.357 e. The predicted molar refractivity (Wildman–Crippen MR) is 132 cm³/mol. The summed E-state index contributed by atoms with van der Waals surface area (Å²) in [5, 5.41) is 3.37. The van der Waals surface area contributed by atoms with Crippen LogP contribution in [0.3, 0.4) is 0 Å². The van der Waals surface area contributed by atoms with Crippen LogP contribution < -0.4 is 5.32 Å². The molecule has 2 aromatic carbocycles. The Balaban J connectivity index is 0.00000420. The molecule has 0 atom stereocenters. The number of nitrogens with zero attached hydrogens (tertiary/aromatic N) is 3. The van der Waals surface area contributed by atoms with E-state index in [-0.39, 0.29) is 29.9 Å². The summed E-state index contributed by atoms with van der Waals surface area (Å²) in [6.07, 6.45) is 0.793. The minimum atomic E-state index is 0. The standard InChI is InChI=1S/C23H32N4O.HI/c1-6-24-23(27(5)17-21-12-8-7-10-18(21)2)25-15-14-19-11-9-13-20(16-19)22(28)26(3)4;/h7-13,16H,6,14-15,17H2,1-5H3,(H,24,25);1H. The summed E-state index contributed by atoms with van der Waals surface area (Å²) >= 11 is 0. The van der Waals surface area contributed by atoms with Crippen molar-refractivity contribution in [3.05, 3.63) is 70.8 Å². The van der Waals surface area contributed by atoms with E-state index in [1.165, 1.54) is 11.1 Å². The van der Waals surface area contributed by atoms with Crippen molar-refractivity contribution in [2.45, 2.75) is 26.8 Å². The summed E-state index contributed by atoms with van der Waals surface area (Å²) in [4.78, 5) is 20.7. The second-order valence-electron chi connectivity index (χ2n) is 7.17. The number of hydrogen-bond donors (Lipinski definition) is 1. The molecule has 0 saturated carbocycles. The van der Waals surface area contributed by atoms with E-state index in [1.54, 1.807) is 19.0 Å². The van der Waals surface area contributed by atoms with E-state index in [9.17, 15) is 4.79 Å². The molecule has 0 bridgehead atoms. The van der Waals surface area contributed by atoms with Crippen LogP contribution in [-0.2, 0) is 13.0 Å². The first-order valence-corrected chi connectivity index (χ1v) is 9.77. The van der Waals surface area contributed by atoms with Crippen molar-refractivity contribution in [2.75, 3.05) is 34.2 Å². The minimum absolute atomic E-state index is 0. The Bertz CT molecular complexity index is 820. The lowest BCUT2D eigenvalue weighted by Gasteiger charge is -2.23. The maximum absolute atomic E-state index is 12.1. The highest BCUT2D eigenvalue weighted by molar-refractivity contribution is 14.0. The Kier molecular flexibility index (Phi) is 10.7. The van der Waals surface area contributed by atoms with Gasteiger partial charge in [0.05, 0.1) is 0 Å². The average molecular weight is 508 g/mol. The zero-order valence-electron chi connectivity index (χ0n) is 18.1. The van der Waals surface area contributed by atoms with Gasteiger partial charge in [0.25, 0.3) is 5.91 Å². The maximum Gasteiger partial charge on any atom is 0.253 e. The van der Waals surface area contributed by atoms with Crippen LogP contribution in [0.4, 0.5) is 0 Å². The maximum atomic E-state index is 12.1. The van der Waals surface area contributed by atoms with Gasteiger partial charge in [-0.25, -0.2) is 0 Å². The average Bonchev–Trinajstić information content (AvgIpc) is 2.68. The first-order chi connectivity index (χ1) is 13.4. The number of rotatable bonds is 7. The number of guanidine groups is 1. The topological polar surface area (TPSA) is 47.9 Å². The molecule has 0 saturated heterocycles. The summed E-state index contributed by atoms with van der Waals surface area (Å²) < 4.78 is 0. The number of halogens is 1. The van der Waals surface area contributed by atoms with E-state index in [2.05, 4.69) is 55.4 Å². The molecule has 2 aromatic rings. The summed E-state index contributed by atoms with van der Waals surface area (Å²) in [5.41, 5.74) is 4.42. The molecule has 0 aliphatic carbocycles. The second-order valence-corrected chi connectivity index (χ2v) is 7.17. The zero-order valence-corrected chi connectivity index (χ0v) is 20.4. The summed E-state index contributed by atoms with van der Waals surface area (Å²) in [5.74, 6) is 0.919. The number of carbonyl (C=O) groups excluding carboxylic acids is 1. The molecule has 5 nitrogen and oxygen atoms in total. The molecule has 0 heterocycles. The van der Waals surface area contributed by atoms with Gasteiger partial charge in [0.2, 0.25) is 0 Å². The van der Waals surface area contributed by atoms with Gasteiger partial charge in [-0.1, -0.05) is 36.4 Å². The Labute approximate surface area is 192 Å². The lowest BCUT2D eigenvalue weighted by molar-refractivity contribution is 0.0827. The van der Waals surface area contributed by atoms with Crippen LogP contribution in [0, 0.1) is 6.92 Å². The van der Waals surface area contributed by atoms with Gasteiger partial charge >= 0.3 is 0 Å². The highest BCUT2D eigenvalue weighted by atomic mass is 127. The predicted octanol–water partition coefficient (Wildman–Crippen LogP) is 3.95. The molecular weight excluding hydrogens is 475 g/mol. The molecule has 0 aliphatic rings. The van der Waals surface area contributed by atoms with Crippen molar-refractivity contribution >= 4 is 35.8 Å². The monoisotopic (exact) mass is 508 g/mol. The first-order valence-electron chi connectivity index (χ1n) is 9.77. The number of amides is 1. The second kappa shape index (κ2) is 12.5. The first kappa shape index (κ1) is 24.9. The molecule has 6 heteroatoms. The van der Waals surface area contributed by atoms with E-state index in [4.69, 9.17) is 4.99 Å². The Morgan fingerprint density at radius 1 is 1.07 bits per heavy atom. The van der Waals surface area contributed by atoms with E-state index < -0.39 is 0 Å².